The molecule has 0 amide bonds. The molecule has 7 heteroatoms. The van der Waals surface area contributed by atoms with Crippen LogP contribution < -0.4 is 0 Å². The first-order valence-corrected chi connectivity index (χ1v) is 14.1. The highest BCUT2D eigenvalue weighted by Gasteiger charge is 2.25. The molecule has 1 saturated heterocycles. The number of aromatic nitrogens is 2. The molecule has 0 radical (unpaired) electrons. The largest absolute Gasteiger partial charge is 0.361 e. The minimum absolute atomic E-state index is 0.102. The molecule has 1 aliphatic rings. The fourth-order valence-corrected chi connectivity index (χ4v) is 3.87. The molecule has 2 unspecified atom stereocenters. The second kappa shape index (κ2) is 9.82. The van der Waals surface area contributed by atoms with Crippen LogP contribution in [0.4, 0.5) is 0 Å². The predicted octanol–water partition coefficient (Wildman–Crippen LogP) is 5.13. The van der Waals surface area contributed by atoms with Gasteiger partial charge in [0, 0.05) is 18.8 Å². The quantitative estimate of drug-likeness (QED) is 0.493. The van der Waals surface area contributed by atoms with Gasteiger partial charge in [-0.1, -0.05) is 33.5 Å². The minimum Gasteiger partial charge on any atom is -0.361 e. The lowest BCUT2D eigenvalue weighted by molar-refractivity contribution is -0.170. The Bertz CT molecular complexity index is 566. The van der Waals surface area contributed by atoms with E-state index in [-0.39, 0.29) is 12.0 Å². The Balaban J connectivity index is 2.12. The minimum atomic E-state index is -1.34. The van der Waals surface area contributed by atoms with Crippen LogP contribution in [0.1, 0.15) is 51.6 Å². The number of hydrogen-bond donors (Lipinski definition) is 0. The van der Waals surface area contributed by atoms with E-state index in [0.29, 0.717) is 19.3 Å². The molecule has 1 fully saturated rings. The Hall–Kier alpha value is -0.213. The first kappa shape index (κ1) is 22.1. The van der Waals surface area contributed by atoms with Gasteiger partial charge < -0.3 is 18.8 Å². The van der Waals surface area contributed by atoms with Crippen LogP contribution in [0.25, 0.3) is 0 Å². The van der Waals surface area contributed by atoms with Crippen LogP contribution in [0.15, 0.2) is 4.60 Å². The van der Waals surface area contributed by atoms with Gasteiger partial charge >= 0.3 is 0 Å². The third-order valence-corrected chi connectivity index (χ3v) is 8.15. The van der Waals surface area contributed by atoms with E-state index >= 15 is 0 Å². The highest BCUT2D eigenvalue weighted by Crippen LogP contribution is 2.24. The maximum atomic E-state index is 6.24. The van der Waals surface area contributed by atoms with E-state index in [2.05, 4.69) is 60.9 Å². The van der Waals surface area contributed by atoms with Crippen LogP contribution >= 0.6 is 15.9 Å². The summed E-state index contributed by atoms with van der Waals surface area (Å²) in [5.41, 5.74) is 1.32. The van der Waals surface area contributed by atoms with Gasteiger partial charge in [-0.15, -0.1) is 0 Å². The molecule has 2 rings (SSSR count). The average Bonchev–Trinajstić information content (AvgIpc) is 2.84. The Morgan fingerprint density at radius 2 is 2.00 bits per heavy atom. The fourth-order valence-electron chi connectivity index (χ4n) is 2.77. The fraction of sp³-hybridized carbons (Fsp3) is 0.842. The second-order valence-corrected chi connectivity index (χ2v) is 15.0. The number of hydrogen-bond acceptors (Lipinski definition) is 4. The van der Waals surface area contributed by atoms with Crippen molar-refractivity contribution in [2.24, 2.45) is 5.92 Å². The van der Waals surface area contributed by atoms with Crippen LogP contribution in [0.5, 0.6) is 0 Å². The van der Waals surface area contributed by atoms with Crippen LogP contribution in [-0.4, -0.2) is 36.2 Å². The lowest BCUT2D eigenvalue weighted by Gasteiger charge is -2.27. The monoisotopic (exact) mass is 446 g/mol. The van der Waals surface area contributed by atoms with Crippen LogP contribution in [0.2, 0.25) is 19.6 Å². The number of ether oxygens (including phenoxy) is 3. The summed E-state index contributed by atoms with van der Waals surface area (Å²) in [5.74, 6) is 1.59. The first-order valence-electron chi connectivity index (χ1n) is 9.77. The second-order valence-electron chi connectivity index (χ2n) is 8.70. The molecular formula is C19H35BrN2O3Si. The summed E-state index contributed by atoms with van der Waals surface area (Å²) < 4.78 is 21.0. The van der Waals surface area contributed by atoms with Crippen LogP contribution in [0, 0.1) is 5.92 Å². The number of imidazole rings is 1. The van der Waals surface area contributed by atoms with Crippen molar-refractivity contribution in [3.8, 4) is 0 Å². The number of halogens is 1. The zero-order valence-electron chi connectivity index (χ0n) is 17.2. The van der Waals surface area contributed by atoms with Crippen molar-refractivity contribution in [3.63, 3.8) is 0 Å². The van der Waals surface area contributed by atoms with E-state index in [1.807, 2.05) is 0 Å². The number of nitrogens with zero attached hydrogens (tertiary/aromatic N) is 2. The third kappa shape index (κ3) is 6.44. The zero-order chi connectivity index (χ0) is 19.3. The summed E-state index contributed by atoms with van der Waals surface area (Å²) in [4.78, 5) is 4.74. The molecule has 0 spiro atoms. The Morgan fingerprint density at radius 1 is 1.27 bits per heavy atom. The smallest absolute Gasteiger partial charge is 0.158 e. The van der Waals surface area contributed by atoms with Crippen molar-refractivity contribution in [1.82, 2.24) is 9.55 Å². The number of rotatable bonds is 9. The molecule has 0 saturated carbocycles. The average molecular weight is 447 g/mol. The van der Waals surface area contributed by atoms with Crippen molar-refractivity contribution in [3.05, 3.63) is 16.1 Å². The van der Waals surface area contributed by atoms with Gasteiger partial charge in [0.15, 0.2) is 6.29 Å². The van der Waals surface area contributed by atoms with Gasteiger partial charge in [-0.2, -0.15) is 0 Å². The molecule has 1 aliphatic heterocycles. The van der Waals surface area contributed by atoms with E-state index in [1.54, 1.807) is 0 Å². The summed E-state index contributed by atoms with van der Waals surface area (Å²) in [5, 5.41) is 0. The van der Waals surface area contributed by atoms with Crippen molar-refractivity contribution >= 4 is 24.0 Å². The maximum absolute atomic E-state index is 6.24. The van der Waals surface area contributed by atoms with Gasteiger partial charge in [0.05, 0.1) is 20.4 Å². The molecule has 1 aromatic rings. The zero-order valence-corrected chi connectivity index (χ0v) is 19.8. The van der Waals surface area contributed by atoms with Crippen LogP contribution in [-0.2, 0) is 34.0 Å². The van der Waals surface area contributed by atoms with Crippen molar-refractivity contribution in [2.45, 2.75) is 91.5 Å². The molecule has 5 nitrogen and oxygen atoms in total. The van der Waals surface area contributed by atoms with E-state index < -0.39 is 8.07 Å². The van der Waals surface area contributed by atoms with Gasteiger partial charge in [-0.25, -0.2) is 4.98 Å². The van der Waals surface area contributed by atoms with Gasteiger partial charge in [-0.3, -0.25) is 0 Å². The molecule has 26 heavy (non-hydrogen) atoms. The van der Waals surface area contributed by atoms with Gasteiger partial charge in [0.25, 0.3) is 0 Å². The summed E-state index contributed by atoms with van der Waals surface area (Å²) in [7, 11) is -1.34. The highest BCUT2D eigenvalue weighted by molar-refractivity contribution is 9.10. The highest BCUT2D eigenvalue weighted by atomic mass is 79.9. The lowest BCUT2D eigenvalue weighted by Crippen LogP contribution is -2.38. The topological polar surface area (TPSA) is 45.5 Å². The van der Waals surface area contributed by atoms with E-state index in [0.717, 1.165) is 42.0 Å². The summed E-state index contributed by atoms with van der Waals surface area (Å²) in [6.45, 7) is 15.4. The molecule has 1 aromatic heterocycles. The molecule has 150 valence electrons. The van der Waals surface area contributed by atoms with Crippen molar-refractivity contribution < 1.29 is 14.2 Å². The molecule has 0 bridgehead atoms. The molecule has 0 aliphatic carbocycles. The van der Waals surface area contributed by atoms with E-state index in [4.69, 9.17) is 19.2 Å². The Morgan fingerprint density at radius 3 is 2.58 bits per heavy atom. The van der Waals surface area contributed by atoms with Gasteiger partial charge in [0.1, 0.15) is 17.2 Å². The van der Waals surface area contributed by atoms with Gasteiger partial charge in [-0.05, 0) is 48.0 Å². The standard InChI is InChI=1S/C19H35BrN2O3Si/c1-14(2)11-17-21-19(20)16(12-24-18-9-7-8-10-23-18)22(17)13-25-15(3)26(4,5)6/h14-15,18H,7-13H2,1-6H3. The van der Waals surface area contributed by atoms with E-state index in [1.165, 1.54) is 6.42 Å². The van der Waals surface area contributed by atoms with Gasteiger partial charge in [0.2, 0.25) is 0 Å². The summed E-state index contributed by atoms with van der Waals surface area (Å²) in [6.07, 6.45) is 4.08. The van der Waals surface area contributed by atoms with E-state index in [9.17, 15) is 0 Å². The molecule has 2 heterocycles. The van der Waals surface area contributed by atoms with Crippen molar-refractivity contribution in [1.29, 1.82) is 0 Å². The lowest BCUT2D eigenvalue weighted by atomic mass is 10.1. The molecule has 0 N–H and O–H groups in total. The molecule has 2 atom stereocenters. The van der Waals surface area contributed by atoms with Crippen LogP contribution in [0.3, 0.4) is 0 Å². The molecule has 0 aromatic carbocycles. The molecular weight excluding hydrogens is 412 g/mol. The Kier molecular flexibility index (Phi) is 8.34. The maximum Gasteiger partial charge on any atom is 0.158 e. The SMILES string of the molecule is CC(C)Cc1nc(Br)c(COC2CCCCO2)n1COC(C)[Si](C)(C)C. The Labute approximate surface area is 167 Å². The summed E-state index contributed by atoms with van der Waals surface area (Å²) in [6, 6.07) is 0. The predicted molar refractivity (Wildman–Crippen MR) is 111 cm³/mol. The van der Waals surface area contributed by atoms with Crippen molar-refractivity contribution in [2.75, 3.05) is 6.61 Å². The first-order chi connectivity index (χ1) is 12.2. The third-order valence-electron chi connectivity index (χ3n) is 4.91. The summed E-state index contributed by atoms with van der Waals surface area (Å²) >= 11 is 3.63. The normalized spacial score (nSPS) is 19.9.